The number of piperidine rings is 1. The van der Waals surface area contributed by atoms with E-state index in [0.29, 0.717) is 37.7 Å². The first kappa shape index (κ1) is 21.2. The van der Waals surface area contributed by atoms with Crippen molar-refractivity contribution in [3.05, 3.63) is 30.1 Å². The number of benzene rings is 1. The fourth-order valence-corrected chi connectivity index (χ4v) is 4.46. The fraction of sp³-hybridized carbons (Fsp3) is 0.652. The zero-order valence-electron chi connectivity index (χ0n) is 17.8. The zero-order valence-corrected chi connectivity index (χ0v) is 17.8. The minimum atomic E-state index is -2.62. The molecule has 164 valence electrons. The Labute approximate surface area is 177 Å². The minimum absolute atomic E-state index is 0.0289. The number of ether oxygens (including phenoxy) is 1. The molecule has 0 radical (unpaired) electrons. The van der Waals surface area contributed by atoms with Crippen LogP contribution in [0.25, 0.3) is 11.4 Å². The Morgan fingerprint density at radius 2 is 1.87 bits per heavy atom. The molecule has 1 atom stereocenters. The molecule has 4 rings (SSSR count). The Hall–Kier alpha value is -2.02. The summed E-state index contributed by atoms with van der Waals surface area (Å²) in [6, 6.07) is 8.29. The molecule has 2 heterocycles. The summed E-state index contributed by atoms with van der Waals surface area (Å²) in [7, 11) is 0. The molecule has 1 aliphatic heterocycles. The molecule has 1 saturated heterocycles. The predicted octanol–water partition coefficient (Wildman–Crippen LogP) is 5.30. The topological polar surface area (TPSA) is 43.2 Å². The number of aromatic nitrogens is 3. The van der Waals surface area contributed by atoms with Crippen molar-refractivity contribution in [3.8, 4) is 11.4 Å². The second kappa shape index (κ2) is 9.41. The Balaban J connectivity index is 1.53. The summed E-state index contributed by atoms with van der Waals surface area (Å²) in [5, 5.41) is 4.61. The van der Waals surface area contributed by atoms with E-state index in [1.54, 1.807) is 4.68 Å². The van der Waals surface area contributed by atoms with Gasteiger partial charge in [-0.2, -0.15) is 5.10 Å². The largest absolute Gasteiger partial charge is 0.373 e. The zero-order chi connectivity index (χ0) is 21.0. The molecule has 1 aliphatic carbocycles. The van der Waals surface area contributed by atoms with Crippen LogP contribution in [-0.2, 0) is 17.9 Å². The van der Waals surface area contributed by atoms with E-state index in [9.17, 15) is 8.78 Å². The molecule has 2 aromatic rings. The lowest BCUT2D eigenvalue weighted by molar-refractivity contribution is -0.0440. The lowest BCUT2D eigenvalue weighted by Crippen LogP contribution is -2.29. The number of hydrogen-bond acceptors (Lipinski definition) is 4. The second-order valence-corrected chi connectivity index (χ2v) is 8.53. The van der Waals surface area contributed by atoms with Crippen molar-refractivity contribution < 1.29 is 13.5 Å². The molecule has 5 nitrogen and oxygen atoms in total. The normalized spacial score (nSPS) is 21.3. The van der Waals surface area contributed by atoms with Crippen LogP contribution < -0.4 is 4.90 Å². The Morgan fingerprint density at radius 1 is 1.10 bits per heavy atom. The van der Waals surface area contributed by atoms with Crippen LogP contribution in [0.1, 0.15) is 57.7 Å². The summed E-state index contributed by atoms with van der Waals surface area (Å²) < 4.78 is 35.7. The van der Waals surface area contributed by atoms with Crippen molar-refractivity contribution in [3.63, 3.8) is 0 Å². The maximum Gasteiger partial charge on any atom is 0.252 e. The van der Waals surface area contributed by atoms with E-state index in [0.717, 1.165) is 25.1 Å². The van der Waals surface area contributed by atoms with Crippen LogP contribution >= 0.6 is 0 Å². The Bertz CT molecular complexity index is 815. The van der Waals surface area contributed by atoms with Crippen molar-refractivity contribution >= 4 is 5.69 Å². The average Bonchev–Trinajstić information content (AvgIpc) is 3.32. The molecule has 1 unspecified atom stereocenters. The van der Waals surface area contributed by atoms with Gasteiger partial charge in [-0.05, 0) is 62.8 Å². The Morgan fingerprint density at radius 3 is 2.53 bits per heavy atom. The first-order valence-electron chi connectivity index (χ1n) is 11.3. The van der Waals surface area contributed by atoms with Gasteiger partial charge in [0.15, 0.2) is 11.6 Å². The highest BCUT2D eigenvalue weighted by Crippen LogP contribution is 2.41. The van der Waals surface area contributed by atoms with Gasteiger partial charge in [-0.25, -0.2) is 18.4 Å². The van der Waals surface area contributed by atoms with Crippen molar-refractivity contribution in [1.29, 1.82) is 0 Å². The van der Waals surface area contributed by atoms with Crippen LogP contribution in [0, 0.1) is 5.92 Å². The van der Waals surface area contributed by atoms with Gasteiger partial charge in [0.25, 0.3) is 5.92 Å². The minimum Gasteiger partial charge on any atom is -0.373 e. The van der Waals surface area contributed by atoms with Gasteiger partial charge in [0.05, 0.1) is 6.54 Å². The van der Waals surface area contributed by atoms with Gasteiger partial charge >= 0.3 is 0 Å². The summed E-state index contributed by atoms with van der Waals surface area (Å²) >= 11 is 0. The van der Waals surface area contributed by atoms with E-state index in [1.165, 1.54) is 24.9 Å². The third-order valence-corrected chi connectivity index (χ3v) is 6.23. The number of halogens is 2. The number of hydrogen-bond donors (Lipinski definition) is 0. The highest BCUT2D eigenvalue weighted by atomic mass is 19.3. The SMILES string of the molecule is CCCOCc1nc(-c2ccc(N3CCCCC3)cc2)nn1CC1CCCC1(F)F. The molecular weight excluding hydrogens is 386 g/mol. The maximum absolute atomic E-state index is 14.2. The van der Waals surface area contributed by atoms with Crippen molar-refractivity contribution in [2.75, 3.05) is 24.6 Å². The van der Waals surface area contributed by atoms with Crippen molar-refractivity contribution in [1.82, 2.24) is 14.8 Å². The van der Waals surface area contributed by atoms with Gasteiger partial charge in [0, 0.05) is 43.3 Å². The molecule has 0 N–H and O–H groups in total. The van der Waals surface area contributed by atoms with Gasteiger partial charge in [0.1, 0.15) is 6.61 Å². The Kier molecular flexibility index (Phi) is 6.66. The van der Waals surface area contributed by atoms with E-state index >= 15 is 0 Å². The average molecular weight is 419 g/mol. The third kappa shape index (κ3) is 4.82. The van der Waals surface area contributed by atoms with Gasteiger partial charge in [-0.15, -0.1) is 0 Å². The molecule has 0 amide bonds. The number of rotatable bonds is 8. The summed E-state index contributed by atoms with van der Waals surface area (Å²) in [5.74, 6) is -2.10. The molecule has 7 heteroatoms. The van der Waals surface area contributed by atoms with Crippen LogP contribution in [0.2, 0.25) is 0 Å². The van der Waals surface area contributed by atoms with Gasteiger partial charge in [-0.3, -0.25) is 0 Å². The van der Waals surface area contributed by atoms with Crippen molar-refractivity contribution in [2.24, 2.45) is 5.92 Å². The molecule has 2 fully saturated rings. The summed E-state index contributed by atoms with van der Waals surface area (Å²) in [4.78, 5) is 7.06. The molecule has 1 aromatic heterocycles. The van der Waals surface area contributed by atoms with Gasteiger partial charge in [-0.1, -0.05) is 6.92 Å². The van der Waals surface area contributed by atoms with E-state index < -0.39 is 11.8 Å². The monoisotopic (exact) mass is 418 g/mol. The summed E-state index contributed by atoms with van der Waals surface area (Å²) in [6.45, 7) is 5.34. The summed E-state index contributed by atoms with van der Waals surface area (Å²) in [6.07, 6.45) is 5.75. The smallest absolute Gasteiger partial charge is 0.252 e. The molecule has 30 heavy (non-hydrogen) atoms. The standard InChI is InChI=1S/C23H32F2N4O/c1-2-15-30-17-21-26-22(27-29(21)16-19-7-6-12-23(19,24)25)18-8-10-20(11-9-18)28-13-4-3-5-14-28/h8-11,19H,2-7,12-17H2,1H3. The van der Waals surface area contributed by atoms with Crippen LogP contribution in [0.5, 0.6) is 0 Å². The first-order chi connectivity index (χ1) is 14.6. The second-order valence-electron chi connectivity index (χ2n) is 8.53. The van der Waals surface area contributed by atoms with Gasteiger partial charge < -0.3 is 9.64 Å². The van der Waals surface area contributed by atoms with Crippen LogP contribution in [-0.4, -0.2) is 40.4 Å². The fourth-order valence-electron chi connectivity index (χ4n) is 4.46. The van der Waals surface area contributed by atoms with Crippen LogP contribution in [0.15, 0.2) is 24.3 Å². The predicted molar refractivity (Wildman–Crippen MR) is 114 cm³/mol. The third-order valence-electron chi connectivity index (χ3n) is 6.23. The van der Waals surface area contributed by atoms with E-state index in [4.69, 9.17) is 4.74 Å². The lowest BCUT2D eigenvalue weighted by Gasteiger charge is -2.28. The highest BCUT2D eigenvalue weighted by molar-refractivity contribution is 5.60. The van der Waals surface area contributed by atoms with Crippen LogP contribution in [0.4, 0.5) is 14.5 Å². The molecule has 1 aromatic carbocycles. The first-order valence-corrected chi connectivity index (χ1v) is 11.3. The van der Waals surface area contributed by atoms with E-state index in [1.807, 2.05) is 19.1 Å². The molecule has 2 aliphatic rings. The van der Waals surface area contributed by atoms with E-state index in [2.05, 4.69) is 27.1 Å². The van der Waals surface area contributed by atoms with Gasteiger partial charge in [0.2, 0.25) is 0 Å². The number of alkyl halides is 2. The molecule has 1 saturated carbocycles. The number of nitrogens with zero attached hydrogens (tertiary/aromatic N) is 4. The summed E-state index contributed by atoms with van der Waals surface area (Å²) in [5.41, 5.74) is 2.12. The van der Waals surface area contributed by atoms with Crippen LogP contribution in [0.3, 0.4) is 0 Å². The number of anilines is 1. The molecule has 0 spiro atoms. The van der Waals surface area contributed by atoms with Crippen molar-refractivity contribution in [2.45, 2.75) is 70.9 Å². The molecule has 0 bridgehead atoms. The maximum atomic E-state index is 14.2. The quantitative estimate of drug-likeness (QED) is 0.546. The van der Waals surface area contributed by atoms with E-state index in [-0.39, 0.29) is 13.0 Å². The lowest BCUT2D eigenvalue weighted by atomic mass is 10.1. The highest BCUT2D eigenvalue weighted by Gasteiger charge is 2.44. The molecular formula is C23H32F2N4O.